The van der Waals surface area contributed by atoms with E-state index in [-0.39, 0.29) is 12.6 Å². The van der Waals surface area contributed by atoms with Gasteiger partial charge in [0.05, 0.1) is 38.4 Å². The summed E-state index contributed by atoms with van der Waals surface area (Å²) in [4.78, 5) is 28.9. The van der Waals surface area contributed by atoms with Gasteiger partial charge in [0.2, 0.25) is 0 Å². The van der Waals surface area contributed by atoms with E-state index in [1.165, 1.54) is 5.56 Å². The average molecular weight is 679 g/mol. The summed E-state index contributed by atoms with van der Waals surface area (Å²) in [6.45, 7) is 14.4. The van der Waals surface area contributed by atoms with Crippen LogP contribution < -0.4 is 5.32 Å². The van der Waals surface area contributed by atoms with E-state index >= 15 is 0 Å². The monoisotopic (exact) mass is 678 g/mol. The van der Waals surface area contributed by atoms with Gasteiger partial charge < -0.3 is 29.2 Å². The molecule has 0 unspecified atom stereocenters. The second kappa shape index (κ2) is 17.7. The highest BCUT2D eigenvalue weighted by Gasteiger charge is 2.18. The Hall–Kier alpha value is -3.58. The average Bonchev–Trinajstić information content (AvgIpc) is 3.51. The van der Waals surface area contributed by atoms with Crippen molar-refractivity contribution in [3.8, 4) is 11.3 Å². The minimum Gasteiger partial charge on any atom is -0.458 e. The van der Waals surface area contributed by atoms with Crippen molar-refractivity contribution in [3.63, 3.8) is 0 Å². The summed E-state index contributed by atoms with van der Waals surface area (Å²) in [6.07, 6.45) is 1.57. The zero-order valence-electron chi connectivity index (χ0n) is 28.2. The molecule has 4 aromatic rings. The van der Waals surface area contributed by atoms with Crippen molar-refractivity contribution in [2.24, 2.45) is 0 Å². The topological polar surface area (TPSA) is 114 Å². The van der Waals surface area contributed by atoms with Gasteiger partial charge in [0.15, 0.2) is 0 Å². The number of piperazine rings is 1. The van der Waals surface area contributed by atoms with Crippen LogP contribution in [0.5, 0.6) is 0 Å². The molecule has 0 amide bonds. The lowest BCUT2D eigenvalue weighted by atomic mass is 10.1. The highest BCUT2D eigenvalue weighted by molar-refractivity contribution is 6.31. The van der Waals surface area contributed by atoms with E-state index in [1.807, 2.05) is 45.0 Å². The van der Waals surface area contributed by atoms with Crippen LogP contribution in [0.1, 0.15) is 31.9 Å². The number of halogens is 1. The van der Waals surface area contributed by atoms with Gasteiger partial charge in [0, 0.05) is 56.5 Å². The molecule has 12 heteroatoms. The zero-order chi connectivity index (χ0) is 33.8. The molecule has 1 saturated heterocycles. The van der Waals surface area contributed by atoms with E-state index in [0.29, 0.717) is 39.6 Å². The Labute approximate surface area is 287 Å². The van der Waals surface area contributed by atoms with E-state index in [9.17, 15) is 4.79 Å². The Morgan fingerprint density at radius 3 is 2.31 bits per heavy atom. The van der Waals surface area contributed by atoms with E-state index < -0.39 is 5.60 Å². The van der Waals surface area contributed by atoms with Crippen molar-refractivity contribution in [3.05, 3.63) is 77.1 Å². The number of aromatic amines is 1. The number of fused-ring (bicyclic) bond motifs is 1. The summed E-state index contributed by atoms with van der Waals surface area (Å²) in [5.41, 5.74) is 4.71. The van der Waals surface area contributed by atoms with Gasteiger partial charge in [-0.2, -0.15) is 0 Å². The van der Waals surface area contributed by atoms with E-state index in [0.717, 1.165) is 78.0 Å². The Morgan fingerprint density at radius 2 is 1.58 bits per heavy atom. The summed E-state index contributed by atoms with van der Waals surface area (Å²) in [5.74, 6) is 0.406. The van der Waals surface area contributed by atoms with Gasteiger partial charge in [-0.15, -0.1) is 0 Å². The first-order chi connectivity index (χ1) is 23.2. The Bertz CT molecular complexity index is 1580. The van der Waals surface area contributed by atoms with Crippen LogP contribution >= 0.6 is 11.6 Å². The van der Waals surface area contributed by atoms with Gasteiger partial charge in [-0.05, 0) is 49.6 Å². The number of H-pyrrole nitrogens is 1. The van der Waals surface area contributed by atoms with E-state index in [4.69, 9.17) is 30.5 Å². The summed E-state index contributed by atoms with van der Waals surface area (Å²) in [5, 5.41) is 5.08. The lowest BCUT2D eigenvalue weighted by Gasteiger charge is -2.34. The SMILES string of the molecule is CC(C)(C)OC(=O)COCCOCCOCCN1CCN(Cc2ccc(-c3cc4c(NCc5ccccc5Cl)ncnc4[nH]3)cc2)CC1. The van der Waals surface area contributed by atoms with Crippen molar-refractivity contribution in [2.45, 2.75) is 39.5 Å². The van der Waals surface area contributed by atoms with Gasteiger partial charge in [-0.1, -0.05) is 54.1 Å². The van der Waals surface area contributed by atoms with Gasteiger partial charge in [0.25, 0.3) is 0 Å². The third-order valence-corrected chi connectivity index (χ3v) is 8.27. The Kier molecular flexibility index (Phi) is 13.2. The van der Waals surface area contributed by atoms with Crippen molar-refractivity contribution < 1.29 is 23.7 Å². The fourth-order valence-electron chi connectivity index (χ4n) is 5.44. The van der Waals surface area contributed by atoms with Crippen LogP contribution in [-0.2, 0) is 36.8 Å². The molecule has 0 radical (unpaired) electrons. The van der Waals surface area contributed by atoms with Gasteiger partial charge >= 0.3 is 5.97 Å². The number of nitrogens with zero attached hydrogens (tertiary/aromatic N) is 4. The highest BCUT2D eigenvalue weighted by atomic mass is 35.5. The molecule has 0 bridgehead atoms. The number of hydrogen-bond donors (Lipinski definition) is 2. The van der Waals surface area contributed by atoms with E-state index in [2.05, 4.69) is 60.4 Å². The normalized spacial score (nSPS) is 14.4. The molecule has 1 aliphatic heterocycles. The summed E-state index contributed by atoms with van der Waals surface area (Å²) >= 11 is 6.33. The number of carbonyl (C=O) groups excluding carboxylic acids is 1. The third-order valence-electron chi connectivity index (χ3n) is 7.90. The molecule has 2 N–H and O–H groups in total. The second-order valence-corrected chi connectivity index (χ2v) is 13.2. The number of rotatable bonds is 17. The summed E-state index contributed by atoms with van der Waals surface area (Å²) in [7, 11) is 0. The number of aromatic nitrogens is 3. The van der Waals surface area contributed by atoms with Crippen molar-refractivity contribution in [2.75, 3.05) is 77.7 Å². The number of carbonyl (C=O) groups is 1. The molecule has 2 aromatic heterocycles. The molecule has 5 rings (SSSR count). The Morgan fingerprint density at radius 1 is 0.896 bits per heavy atom. The van der Waals surface area contributed by atoms with Crippen molar-refractivity contribution >= 4 is 34.4 Å². The zero-order valence-corrected chi connectivity index (χ0v) is 28.9. The molecule has 258 valence electrons. The molecule has 0 spiro atoms. The fourth-order valence-corrected chi connectivity index (χ4v) is 5.64. The molecule has 2 aromatic carbocycles. The first kappa shape index (κ1) is 35.7. The molecule has 11 nitrogen and oxygen atoms in total. The molecule has 1 fully saturated rings. The summed E-state index contributed by atoms with van der Waals surface area (Å²) in [6, 6.07) is 18.6. The maximum absolute atomic E-state index is 11.6. The second-order valence-electron chi connectivity index (χ2n) is 12.8. The lowest BCUT2D eigenvalue weighted by Crippen LogP contribution is -2.46. The largest absolute Gasteiger partial charge is 0.458 e. The van der Waals surface area contributed by atoms with Crippen LogP contribution in [0.3, 0.4) is 0 Å². The molecule has 0 atom stereocenters. The molecular weight excluding hydrogens is 632 g/mol. The van der Waals surface area contributed by atoms with Crippen molar-refractivity contribution in [1.29, 1.82) is 0 Å². The molecule has 0 aliphatic carbocycles. The van der Waals surface area contributed by atoms with Crippen LogP contribution in [0.2, 0.25) is 5.02 Å². The van der Waals surface area contributed by atoms with Gasteiger partial charge in [0.1, 0.15) is 30.0 Å². The molecule has 1 aliphatic rings. The number of nitrogens with one attached hydrogen (secondary N) is 2. The standard InChI is InChI=1S/C36H47ClN6O5/c1-36(2,3)48-33(44)25-47-21-20-46-19-18-45-17-16-42-12-14-43(15-13-42)24-27-8-10-28(11-9-27)32-22-30-34(39-26-40-35(30)41-32)38-23-29-6-4-5-7-31(29)37/h4-11,22,26H,12-21,23-25H2,1-3H3,(H2,38,39,40,41). The minimum atomic E-state index is -0.503. The third kappa shape index (κ3) is 11.3. The predicted molar refractivity (Wildman–Crippen MR) is 188 cm³/mol. The lowest BCUT2D eigenvalue weighted by molar-refractivity contribution is -0.160. The first-order valence-corrected chi connectivity index (χ1v) is 16.9. The minimum absolute atomic E-state index is 0.0642. The maximum atomic E-state index is 11.6. The van der Waals surface area contributed by atoms with Gasteiger partial charge in [-0.3, -0.25) is 9.80 Å². The first-order valence-electron chi connectivity index (χ1n) is 16.5. The van der Waals surface area contributed by atoms with E-state index in [1.54, 1.807) is 6.33 Å². The van der Waals surface area contributed by atoms with Crippen LogP contribution in [0.25, 0.3) is 22.3 Å². The quantitative estimate of drug-likeness (QED) is 0.111. The Balaban J connectivity index is 0.960. The number of anilines is 1. The van der Waals surface area contributed by atoms with Crippen molar-refractivity contribution in [1.82, 2.24) is 24.8 Å². The van der Waals surface area contributed by atoms with Crippen LogP contribution in [0, 0.1) is 0 Å². The predicted octanol–water partition coefficient (Wildman–Crippen LogP) is 5.40. The van der Waals surface area contributed by atoms with Crippen LogP contribution in [0.4, 0.5) is 5.82 Å². The fraction of sp³-hybridized carbons (Fsp3) is 0.472. The number of benzene rings is 2. The molecule has 0 saturated carbocycles. The van der Waals surface area contributed by atoms with Crippen LogP contribution in [-0.4, -0.2) is 109 Å². The smallest absolute Gasteiger partial charge is 0.332 e. The number of ether oxygens (including phenoxy) is 4. The number of esters is 1. The molecule has 3 heterocycles. The molecule has 48 heavy (non-hydrogen) atoms. The van der Waals surface area contributed by atoms with Gasteiger partial charge in [-0.25, -0.2) is 14.8 Å². The summed E-state index contributed by atoms with van der Waals surface area (Å²) < 4.78 is 21.8. The highest BCUT2D eigenvalue weighted by Crippen LogP contribution is 2.28. The maximum Gasteiger partial charge on any atom is 0.332 e. The van der Waals surface area contributed by atoms with Crippen LogP contribution in [0.15, 0.2) is 60.9 Å². The molecular formula is C36H47ClN6O5. The number of hydrogen-bond acceptors (Lipinski definition) is 10.